The first-order valence-electron chi connectivity index (χ1n) is 5.55. The van der Waals surface area contributed by atoms with Crippen LogP contribution in [-0.2, 0) is 14.4 Å². The number of aliphatic carboxylic acids is 1. The number of carboxylic acids is 1. The summed E-state index contributed by atoms with van der Waals surface area (Å²) in [7, 11) is 2.92. The Bertz CT molecular complexity index is 279. The van der Waals surface area contributed by atoms with Gasteiger partial charge in [0.15, 0.2) is 0 Å². The maximum Gasteiger partial charge on any atom is 0.307 e. The quantitative estimate of drug-likeness (QED) is 0.734. The Morgan fingerprint density at radius 3 is 2.38 bits per heavy atom. The van der Waals surface area contributed by atoms with Crippen LogP contribution in [0.2, 0.25) is 0 Å². The van der Waals surface area contributed by atoms with Crippen LogP contribution in [0.3, 0.4) is 0 Å². The molecule has 1 aliphatic rings. The molecule has 0 aliphatic heterocycles. The molecule has 5 nitrogen and oxygen atoms in total. The SMILES string of the molecule is CCC1C[C@H](C(=O)O)[C@@H](C(=O)N(C)OC)C1. The Morgan fingerprint density at radius 1 is 1.38 bits per heavy atom. The van der Waals surface area contributed by atoms with Crippen LogP contribution in [0.25, 0.3) is 0 Å². The summed E-state index contributed by atoms with van der Waals surface area (Å²) in [4.78, 5) is 27.8. The van der Waals surface area contributed by atoms with Gasteiger partial charge in [-0.25, -0.2) is 5.06 Å². The van der Waals surface area contributed by atoms with Gasteiger partial charge in [0.2, 0.25) is 5.91 Å². The number of hydrogen-bond donors (Lipinski definition) is 1. The highest BCUT2D eigenvalue weighted by Crippen LogP contribution is 2.39. The third-order valence-electron chi connectivity index (χ3n) is 3.46. The molecule has 0 aromatic carbocycles. The van der Waals surface area contributed by atoms with E-state index in [0.29, 0.717) is 18.8 Å². The lowest BCUT2D eigenvalue weighted by atomic mass is 9.95. The van der Waals surface area contributed by atoms with E-state index in [4.69, 9.17) is 9.94 Å². The molecule has 0 heterocycles. The van der Waals surface area contributed by atoms with E-state index in [9.17, 15) is 9.59 Å². The molecule has 16 heavy (non-hydrogen) atoms. The molecule has 0 saturated heterocycles. The molecule has 0 bridgehead atoms. The van der Waals surface area contributed by atoms with Gasteiger partial charge >= 0.3 is 5.97 Å². The van der Waals surface area contributed by atoms with E-state index in [1.165, 1.54) is 14.2 Å². The Balaban J connectivity index is 2.76. The van der Waals surface area contributed by atoms with Gasteiger partial charge in [-0.15, -0.1) is 0 Å². The zero-order valence-corrected chi connectivity index (χ0v) is 9.97. The van der Waals surface area contributed by atoms with Crippen molar-refractivity contribution in [2.24, 2.45) is 17.8 Å². The molecular formula is C11H19NO4. The van der Waals surface area contributed by atoms with Crippen LogP contribution < -0.4 is 0 Å². The molecular weight excluding hydrogens is 210 g/mol. The zero-order valence-electron chi connectivity index (χ0n) is 9.97. The van der Waals surface area contributed by atoms with E-state index >= 15 is 0 Å². The van der Waals surface area contributed by atoms with Crippen molar-refractivity contribution in [1.29, 1.82) is 0 Å². The van der Waals surface area contributed by atoms with Crippen LogP contribution in [0.5, 0.6) is 0 Å². The molecule has 1 fully saturated rings. The summed E-state index contributed by atoms with van der Waals surface area (Å²) in [5, 5.41) is 10.2. The Labute approximate surface area is 95.3 Å². The predicted molar refractivity (Wildman–Crippen MR) is 57.4 cm³/mol. The topological polar surface area (TPSA) is 66.8 Å². The minimum Gasteiger partial charge on any atom is -0.481 e. The van der Waals surface area contributed by atoms with E-state index in [2.05, 4.69) is 0 Å². The first-order chi connectivity index (χ1) is 7.51. The van der Waals surface area contributed by atoms with Gasteiger partial charge in [0, 0.05) is 7.05 Å². The van der Waals surface area contributed by atoms with Crippen LogP contribution in [0, 0.1) is 17.8 Å². The van der Waals surface area contributed by atoms with Crippen molar-refractivity contribution in [3.8, 4) is 0 Å². The van der Waals surface area contributed by atoms with E-state index in [0.717, 1.165) is 11.5 Å². The first kappa shape index (κ1) is 13.0. The lowest BCUT2D eigenvalue weighted by Crippen LogP contribution is -2.36. The lowest BCUT2D eigenvalue weighted by Gasteiger charge is -2.20. The van der Waals surface area contributed by atoms with Crippen molar-refractivity contribution in [2.45, 2.75) is 26.2 Å². The maximum absolute atomic E-state index is 11.9. The normalized spacial score (nSPS) is 29.1. The maximum atomic E-state index is 11.9. The monoisotopic (exact) mass is 229 g/mol. The second kappa shape index (κ2) is 5.30. The summed E-state index contributed by atoms with van der Waals surface area (Å²) in [6.07, 6.45) is 2.17. The van der Waals surface area contributed by atoms with Crippen molar-refractivity contribution in [1.82, 2.24) is 5.06 Å². The van der Waals surface area contributed by atoms with Gasteiger partial charge in [0.1, 0.15) is 0 Å². The van der Waals surface area contributed by atoms with E-state index in [1.807, 2.05) is 6.92 Å². The molecule has 0 radical (unpaired) electrons. The van der Waals surface area contributed by atoms with Gasteiger partial charge < -0.3 is 5.11 Å². The van der Waals surface area contributed by atoms with Crippen molar-refractivity contribution in [2.75, 3.05) is 14.2 Å². The smallest absolute Gasteiger partial charge is 0.307 e. The van der Waals surface area contributed by atoms with Gasteiger partial charge in [-0.05, 0) is 18.8 Å². The fourth-order valence-corrected chi connectivity index (χ4v) is 2.35. The predicted octanol–water partition coefficient (Wildman–Crippen LogP) is 1.14. The second-order valence-corrected chi connectivity index (χ2v) is 4.32. The number of hydrogen-bond acceptors (Lipinski definition) is 3. The average molecular weight is 229 g/mol. The summed E-state index contributed by atoms with van der Waals surface area (Å²) in [5.74, 6) is -1.77. The van der Waals surface area contributed by atoms with Crippen molar-refractivity contribution in [3.63, 3.8) is 0 Å². The van der Waals surface area contributed by atoms with Gasteiger partial charge in [0.25, 0.3) is 0 Å². The highest BCUT2D eigenvalue weighted by atomic mass is 16.7. The van der Waals surface area contributed by atoms with Gasteiger partial charge in [0.05, 0.1) is 18.9 Å². The van der Waals surface area contributed by atoms with Crippen LogP contribution in [0.1, 0.15) is 26.2 Å². The number of hydroxylamine groups is 2. The van der Waals surface area contributed by atoms with Crippen LogP contribution in [0.4, 0.5) is 0 Å². The Hall–Kier alpha value is -1.10. The molecule has 5 heteroatoms. The molecule has 1 rings (SSSR count). The molecule has 1 saturated carbocycles. The fourth-order valence-electron chi connectivity index (χ4n) is 2.35. The van der Waals surface area contributed by atoms with Gasteiger partial charge in [-0.1, -0.05) is 13.3 Å². The fraction of sp³-hybridized carbons (Fsp3) is 0.818. The Kier molecular flexibility index (Phi) is 4.29. The van der Waals surface area contributed by atoms with Crippen molar-refractivity contribution < 1.29 is 19.5 Å². The molecule has 0 spiro atoms. The molecule has 1 aliphatic carbocycles. The summed E-state index contributed by atoms with van der Waals surface area (Å²) < 4.78 is 0. The molecule has 0 aromatic rings. The second-order valence-electron chi connectivity index (χ2n) is 4.32. The summed E-state index contributed by atoms with van der Waals surface area (Å²) in [6, 6.07) is 0. The van der Waals surface area contributed by atoms with Gasteiger partial charge in [-0.3, -0.25) is 14.4 Å². The molecule has 3 atom stereocenters. The Morgan fingerprint density at radius 2 is 1.94 bits per heavy atom. The van der Waals surface area contributed by atoms with E-state index < -0.39 is 17.8 Å². The zero-order chi connectivity index (χ0) is 12.3. The third-order valence-corrected chi connectivity index (χ3v) is 3.46. The average Bonchev–Trinajstić information content (AvgIpc) is 2.71. The first-order valence-corrected chi connectivity index (χ1v) is 5.55. The molecule has 1 amide bonds. The highest BCUT2D eigenvalue weighted by Gasteiger charge is 2.43. The number of carbonyl (C=O) groups is 2. The van der Waals surface area contributed by atoms with Crippen LogP contribution in [-0.4, -0.2) is 36.2 Å². The van der Waals surface area contributed by atoms with Crippen molar-refractivity contribution >= 4 is 11.9 Å². The molecule has 92 valence electrons. The summed E-state index contributed by atoms with van der Waals surface area (Å²) >= 11 is 0. The molecule has 1 unspecified atom stereocenters. The number of rotatable bonds is 4. The number of amides is 1. The number of carbonyl (C=O) groups excluding carboxylic acids is 1. The number of carboxylic acid groups (broad SMARTS) is 1. The van der Waals surface area contributed by atoms with Crippen LogP contribution >= 0.6 is 0 Å². The third kappa shape index (κ3) is 2.52. The van der Waals surface area contributed by atoms with Crippen LogP contribution in [0.15, 0.2) is 0 Å². The largest absolute Gasteiger partial charge is 0.481 e. The van der Waals surface area contributed by atoms with Gasteiger partial charge in [-0.2, -0.15) is 0 Å². The minimum absolute atomic E-state index is 0.231. The van der Waals surface area contributed by atoms with E-state index in [1.54, 1.807) is 0 Å². The summed E-state index contributed by atoms with van der Waals surface area (Å²) in [5.41, 5.74) is 0. The molecule has 0 aromatic heterocycles. The lowest BCUT2D eigenvalue weighted by molar-refractivity contribution is -0.176. The highest BCUT2D eigenvalue weighted by molar-refractivity contribution is 5.84. The van der Waals surface area contributed by atoms with Crippen molar-refractivity contribution in [3.05, 3.63) is 0 Å². The summed E-state index contributed by atoms with van der Waals surface area (Å²) in [6.45, 7) is 2.02. The number of nitrogens with zero attached hydrogens (tertiary/aromatic N) is 1. The van der Waals surface area contributed by atoms with E-state index in [-0.39, 0.29) is 5.91 Å². The standard InChI is InChI=1S/C11H19NO4/c1-4-7-5-8(9(6-7)11(14)15)10(13)12(2)16-3/h7-9H,4-6H2,1-3H3,(H,14,15)/t7?,8-,9-/m0/s1. The minimum atomic E-state index is -0.876. The molecule has 1 N–H and O–H groups in total.